The summed E-state index contributed by atoms with van der Waals surface area (Å²) in [7, 11) is 1.38. The summed E-state index contributed by atoms with van der Waals surface area (Å²) in [5.41, 5.74) is 2.41. The van der Waals surface area contributed by atoms with Crippen LogP contribution in [0.25, 0.3) is 0 Å². The summed E-state index contributed by atoms with van der Waals surface area (Å²) in [6.07, 6.45) is 2.80. The minimum atomic E-state index is -0.331. The van der Waals surface area contributed by atoms with Gasteiger partial charge in [-0.1, -0.05) is 33.4 Å². The van der Waals surface area contributed by atoms with Crippen LogP contribution >= 0.6 is 0 Å². The molecule has 0 atom stereocenters. The largest absolute Gasteiger partial charge is 0.465 e. The molecule has 2 heteroatoms. The van der Waals surface area contributed by atoms with Crippen LogP contribution in [0.1, 0.15) is 42.3 Å². The van der Waals surface area contributed by atoms with Crippen LogP contribution in [0, 0.1) is 6.08 Å². The Bertz CT molecular complexity index is 411. The first kappa shape index (κ1) is 12.5. The predicted octanol–water partition coefficient (Wildman–Crippen LogP) is 3.11. The van der Waals surface area contributed by atoms with Crippen molar-refractivity contribution in [1.82, 2.24) is 0 Å². The first-order chi connectivity index (χ1) is 7.38. The van der Waals surface area contributed by atoms with Crippen LogP contribution in [0.2, 0.25) is 0 Å². The number of rotatable bonds is 2. The third kappa shape index (κ3) is 2.72. The molecular formula is C14H17O2. The van der Waals surface area contributed by atoms with E-state index in [0.717, 1.165) is 11.1 Å². The van der Waals surface area contributed by atoms with Gasteiger partial charge in [0.1, 0.15) is 0 Å². The van der Waals surface area contributed by atoms with Gasteiger partial charge in [-0.05, 0) is 34.8 Å². The molecule has 0 saturated carbocycles. The van der Waals surface area contributed by atoms with Crippen molar-refractivity contribution >= 4 is 5.97 Å². The van der Waals surface area contributed by atoms with E-state index in [-0.39, 0.29) is 11.4 Å². The molecule has 85 valence electrons. The van der Waals surface area contributed by atoms with Crippen LogP contribution < -0.4 is 0 Å². The number of carbonyl (C=O) groups is 1. The number of hydrogen-bond donors (Lipinski definition) is 0. The van der Waals surface area contributed by atoms with E-state index in [1.54, 1.807) is 6.07 Å². The van der Waals surface area contributed by atoms with Gasteiger partial charge in [0.25, 0.3) is 0 Å². The smallest absolute Gasteiger partial charge is 0.337 e. The van der Waals surface area contributed by atoms with E-state index in [2.05, 4.69) is 33.4 Å². The Morgan fingerprint density at radius 3 is 2.38 bits per heavy atom. The Hall–Kier alpha value is -1.57. The van der Waals surface area contributed by atoms with Crippen molar-refractivity contribution < 1.29 is 9.53 Å². The first-order valence-corrected chi connectivity index (χ1v) is 5.15. The first-order valence-electron chi connectivity index (χ1n) is 5.15. The highest BCUT2D eigenvalue weighted by atomic mass is 16.5. The van der Waals surface area contributed by atoms with Crippen molar-refractivity contribution in [1.29, 1.82) is 0 Å². The highest BCUT2D eigenvalue weighted by Crippen LogP contribution is 2.24. The monoisotopic (exact) mass is 217 g/mol. The zero-order valence-corrected chi connectivity index (χ0v) is 10.3. The van der Waals surface area contributed by atoms with E-state index in [1.807, 2.05) is 12.1 Å². The van der Waals surface area contributed by atoms with Crippen LogP contribution in [0.4, 0.5) is 0 Å². The van der Waals surface area contributed by atoms with E-state index < -0.39 is 0 Å². The molecule has 0 N–H and O–H groups in total. The Balaban J connectivity index is 3.32. The Labute approximate surface area is 96.9 Å². The number of carbonyl (C=O) groups excluding carboxylic acids is 1. The van der Waals surface area contributed by atoms with Gasteiger partial charge in [-0.2, -0.15) is 0 Å². The second kappa shape index (κ2) is 4.52. The quantitative estimate of drug-likeness (QED) is 0.711. The molecule has 0 unspecified atom stereocenters. The highest BCUT2D eigenvalue weighted by molar-refractivity contribution is 5.89. The van der Waals surface area contributed by atoms with Crippen LogP contribution in [0.3, 0.4) is 0 Å². The van der Waals surface area contributed by atoms with Gasteiger partial charge in [0, 0.05) is 0 Å². The van der Waals surface area contributed by atoms with E-state index in [4.69, 9.17) is 4.74 Å². The van der Waals surface area contributed by atoms with E-state index in [1.165, 1.54) is 7.11 Å². The molecule has 1 radical (unpaired) electrons. The number of ether oxygens (including phenoxy) is 1. The van der Waals surface area contributed by atoms with Crippen molar-refractivity contribution in [3.63, 3.8) is 0 Å². The minimum absolute atomic E-state index is 0.0182. The molecule has 0 bridgehead atoms. The average molecular weight is 217 g/mol. The van der Waals surface area contributed by atoms with Crippen LogP contribution in [0.5, 0.6) is 0 Å². The van der Waals surface area contributed by atoms with Crippen molar-refractivity contribution in [2.45, 2.75) is 26.2 Å². The van der Waals surface area contributed by atoms with Crippen molar-refractivity contribution in [2.75, 3.05) is 7.11 Å². The molecule has 2 nitrogen and oxygen atoms in total. The molecule has 0 spiro atoms. The minimum Gasteiger partial charge on any atom is -0.465 e. The topological polar surface area (TPSA) is 26.3 Å². The summed E-state index contributed by atoms with van der Waals surface area (Å²) in [4.78, 5) is 11.5. The van der Waals surface area contributed by atoms with Gasteiger partial charge in [-0.25, -0.2) is 4.79 Å². The van der Waals surface area contributed by atoms with E-state index in [9.17, 15) is 4.79 Å². The Morgan fingerprint density at radius 2 is 1.94 bits per heavy atom. The van der Waals surface area contributed by atoms with Gasteiger partial charge >= 0.3 is 5.97 Å². The lowest BCUT2D eigenvalue weighted by Crippen LogP contribution is -2.13. The molecule has 0 heterocycles. The number of esters is 1. The summed E-state index contributed by atoms with van der Waals surface area (Å²) < 4.78 is 4.72. The third-order valence-electron chi connectivity index (χ3n) is 2.42. The van der Waals surface area contributed by atoms with Gasteiger partial charge in [0.05, 0.1) is 12.7 Å². The Kier molecular flexibility index (Phi) is 3.53. The lowest BCUT2D eigenvalue weighted by atomic mass is 9.85. The normalized spacial score (nSPS) is 11.0. The molecule has 0 aromatic heterocycles. The van der Waals surface area contributed by atoms with Crippen molar-refractivity contribution in [2.24, 2.45) is 0 Å². The summed E-state index contributed by atoms with van der Waals surface area (Å²) in [6.45, 7) is 9.88. The maximum atomic E-state index is 11.5. The lowest BCUT2D eigenvalue weighted by Gasteiger charge is -2.20. The van der Waals surface area contributed by atoms with E-state index in [0.29, 0.717) is 5.56 Å². The fourth-order valence-electron chi connectivity index (χ4n) is 1.40. The molecule has 1 aromatic carbocycles. The van der Waals surface area contributed by atoms with Crippen molar-refractivity contribution in [3.8, 4) is 0 Å². The molecule has 0 fully saturated rings. The second-order valence-corrected chi connectivity index (χ2v) is 4.72. The molecule has 0 amide bonds. The zero-order chi connectivity index (χ0) is 12.3. The number of benzene rings is 1. The highest BCUT2D eigenvalue weighted by Gasteiger charge is 2.17. The van der Waals surface area contributed by atoms with Crippen LogP contribution in [-0.2, 0) is 10.2 Å². The Morgan fingerprint density at radius 1 is 1.31 bits per heavy atom. The molecule has 1 aromatic rings. The molecule has 0 saturated heterocycles. The van der Waals surface area contributed by atoms with Gasteiger partial charge < -0.3 is 4.74 Å². The maximum Gasteiger partial charge on any atom is 0.337 e. The average Bonchev–Trinajstić information content (AvgIpc) is 2.26. The summed E-state index contributed by atoms with van der Waals surface area (Å²) in [5.74, 6) is -0.331. The third-order valence-corrected chi connectivity index (χ3v) is 2.42. The van der Waals surface area contributed by atoms with Crippen molar-refractivity contribution in [3.05, 3.63) is 47.5 Å². The molecule has 0 aliphatic carbocycles. The van der Waals surface area contributed by atoms with Gasteiger partial charge in [-0.3, -0.25) is 0 Å². The molecule has 16 heavy (non-hydrogen) atoms. The van der Waals surface area contributed by atoms with Gasteiger partial charge in [0.15, 0.2) is 0 Å². The number of methoxy groups -OCH3 is 1. The maximum absolute atomic E-state index is 11.5. The molecule has 1 rings (SSSR count). The predicted molar refractivity (Wildman–Crippen MR) is 64.5 cm³/mol. The number of hydrogen-bond acceptors (Lipinski definition) is 2. The fraction of sp³-hybridized carbons (Fsp3) is 0.357. The van der Waals surface area contributed by atoms with Crippen LogP contribution in [0.15, 0.2) is 24.8 Å². The van der Waals surface area contributed by atoms with Crippen LogP contribution in [-0.4, -0.2) is 13.1 Å². The SMILES string of the molecule is C=[C]c1cc(C(=O)OC)cc(C(C)(C)C)c1. The van der Waals surface area contributed by atoms with Gasteiger partial charge in [-0.15, -0.1) is 0 Å². The lowest BCUT2D eigenvalue weighted by molar-refractivity contribution is 0.0600. The molecule has 0 aliphatic heterocycles. The summed E-state index contributed by atoms with van der Waals surface area (Å²) in [6, 6.07) is 5.57. The molecule has 0 aliphatic rings. The summed E-state index contributed by atoms with van der Waals surface area (Å²) in [5, 5.41) is 0. The summed E-state index contributed by atoms with van der Waals surface area (Å²) >= 11 is 0. The fourth-order valence-corrected chi connectivity index (χ4v) is 1.40. The second-order valence-electron chi connectivity index (χ2n) is 4.72. The molecular weight excluding hydrogens is 200 g/mol. The van der Waals surface area contributed by atoms with E-state index >= 15 is 0 Å². The van der Waals surface area contributed by atoms with Gasteiger partial charge in [0.2, 0.25) is 0 Å². The zero-order valence-electron chi connectivity index (χ0n) is 10.3. The standard InChI is InChI=1S/C14H17O2/c1-6-10-7-11(13(15)16-5)9-12(8-10)14(2,3)4/h7-9H,1H2,2-5H3.